The third-order valence-corrected chi connectivity index (χ3v) is 5.62. The van der Waals surface area contributed by atoms with Crippen LogP contribution in [0.15, 0.2) is 22.7 Å². The molecule has 3 N–H and O–H groups in total. The third-order valence-electron chi connectivity index (χ3n) is 3.75. The summed E-state index contributed by atoms with van der Waals surface area (Å²) in [5.74, 6) is 1.89. The molecule has 0 unspecified atom stereocenters. The van der Waals surface area contributed by atoms with E-state index in [0.29, 0.717) is 0 Å². The van der Waals surface area contributed by atoms with Crippen LogP contribution in [0.2, 0.25) is 0 Å². The molecule has 0 amide bonds. The Labute approximate surface area is 144 Å². The van der Waals surface area contributed by atoms with E-state index in [0.717, 1.165) is 60.7 Å². The minimum absolute atomic E-state index is 0.225. The van der Waals surface area contributed by atoms with Crippen LogP contribution in [-0.2, 0) is 11.3 Å². The molecule has 0 aliphatic carbocycles. The molecule has 3 heterocycles. The average Bonchev–Trinajstić information content (AvgIpc) is 3.29. The second-order valence-electron chi connectivity index (χ2n) is 5.47. The molecule has 126 valence electrons. The van der Waals surface area contributed by atoms with Gasteiger partial charge in [-0.3, -0.25) is 4.57 Å². The van der Waals surface area contributed by atoms with Crippen LogP contribution in [0.3, 0.4) is 0 Å². The number of thiophene rings is 1. The number of quaternary nitrogens is 1. The van der Waals surface area contributed by atoms with E-state index in [4.69, 9.17) is 9.84 Å². The molecule has 0 aromatic carbocycles. The third kappa shape index (κ3) is 4.54. The molecule has 1 aliphatic heterocycles. The highest BCUT2D eigenvalue weighted by molar-refractivity contribution is 7.99. The molecule has 6 nitrogen and oxygen atoms in total. The van der Waals surface area contributed by atoms with Crippen molar-refractivity contribution < 1.29 is 15.2 Å². The summed E-state index contributed by atoms with van der Waals surface area (Å²) >= 11 is 3.41. The Hall–Kier alpha value is -0.930. The molecule has 1 aliphatic rings. The molecule has 8 heteroatoms. The van der Waals surface area contributed by atoms with E-state index in [1.165, 1.54) is 0 Å². The van der Waals surface area contributed by atoms with E-state index in [-0.39, 0.29) is 12.7 Å². The largest absolute Gasteiger partial charge is 0.391 e. The molecular formula is C15H23N4O2S2+. The van der Waals surface area contributed by atoms with Crippen LogP contribution in [0.4, 0.5) is 0 Å². The van der Waals surface area contributed by atoms with Crippen molar-refractivity contribution >= 4 is 23.1 Å². The maximum atomic E-state index is 8.82. The molecule has 2 aromatic heterocycles. The Balaban J connectivity index is 1.70. The van der Waals surface area contributed by atoms with Crippen LogP contribution in [0, 0.1) is 0 Å². The van der Waals surface area contributed by atoms with Gasteiger partial charge in [0.2, 0.25) is 0 Å². The Morgan fingerprint density at radius 1 is 1.43 bits per heavy atom. The number of nitrogens with zero attached hydrogens (tertiary/aromatic N) is 3. The topological polar surface area (TPSA) is 76.8 Å². The van der Waals surface area contributed by atoms with E-state index < -0.39 is 0 Å². The van der Waals surface area contributed by atoms with Crippen molar-refractivity contribution in [2.24, 2.45) is 0 Å². The lowest BCUT2D eigenvalue weighted by atomic mass is 10.2. The number of aliphatic hydroxyl groups excluding tert-OH is 1. The van der Waals surface area contributed by atoms with Gasteiger partial charge in [0.25, 0.3) is 0 Å². The maximum Gasteiger partial charge on any atom is 0.191 e. The molecule has 0 saturated carbocycles. The Morgan fingerprint density at radius 2 is 2.39 bits per heavy atom. The van der Waals surface area contributed by atoms with Crippen molar-refractivity contribution in [3.63, 3.8) is 0 Å². The summed E-state index contributed by atoms with van der Waals surface area (Å²) in [6.07, 6.45) is 2.51. The summed E-state index contributed by atoms with van der Waals surface area (Å²) in [4.78, 5) is 1.15. The number of aromatic nitrogens is 3. The number of nitrogens with two attached hydrogens (primary N) is 1. The smallest absolute Gasteiger partial charge is 0.191 e. The standard InChI is InChI=1S/C15H22N4O2S2/c20-7-5-16-6-10-23-15-18-17-14(13-4-2-9-22-13)19(15)11-12-3-1-8-21-12/h2,4,9,12,16,20H,1,3,5-8,10-11H2/p+1/t12-/m0/s1. The summed E-state index contributed by atoms with van der Waals surface area (Å²) in [6.45, 7) is 3.63. The Kier molecular flexibility index (Phi) is 6.46. The molecule has 23 heavy (non-hydrogen) atoms. The first-order valence-corrected chi connectivity index (χ1v) is 9.89. The number of aliphatic hydroxyl groups is 1. The molecule has 0 spiro atoms. The number of hydrogen-bond acceptors (Lipinski definition) is 6. The Bertz CT molecular complexity index is 582. The lowest BCUT2D eigenvalue weighted by Gasteiger charge is -2.14. The van der Waals surface area contributed by atoms with Gasteiger partial charge in [-0.25, -0.2) is 0 Å². The highest BCUT2D eigenvalue weighted by Crippen LogP contribution is 2.28. The molecule has 0 bridgehead atoms. The van der Waals surface area contributed by atoms with Crippen molar-refractivity contribution in [2.75, 3.05) is 32.1 Å². The van der Waals surface area contributed by atoms with Crippen molar-refractivity contribution in [1.29, 1.82) is 0 Å². The van der Waals surface area contributed by atoms with Crippen molar-refractivity contribution in [3.05, 3.63) is 17.5 Å². The zero-order valence-corrected chi connectivity index (χ0v) is 14.7. The fraction of sp³-hybridized carbons (Fsp3) is 0.600. The van der Waals surface area contributed by atoms with Crippen LogP contribution in [-0.4, -0.2) is 58.0 Å². The van der Waals surface area contributed by atoms with Crippen LogP contribution >= 0.6 is 23.1 Å². The average molecular weight is 356 g/mol. The van der Waals surface area contributed by atoms with Gasteiger partial charge in [0.1, 0.15) is 0 Å². The quantitative estimate of drug-likeness (QED) is 0.515. The maximum absolute atomic E-state index is 8.82. The molecule has 3 rings (SSSR count). The fourth-order valence-electron chi connectivity index (χ4n) is 2.61. The minimum atomic E-state index is 0.225. The highest BCUT2D eigenvalue weighted by atomic mass is 32.2. The predicted octanol–water partition coefficient (Wildman–Crippen LogP) is 0.833. The van der Waals surface area contributed by atoms with Gasteiger partial charge in [0.05, 0.1) is 43.0 Å². The van der Waals surface area contributed by atoms with E-state index in [9.17, 15) is 0 Å². The van der Waals surface area contributed by atoms with Crippen molar-refractivity contribution in [2.45, 2.75) is 30.6 Å². The summed E-state index contributed by atoms with van der Waals surface area (Å²) in [6, 6.07) is 4.13. The monoisotopic (exact) mass is 355 g/mol. The fourth-order valence-corrected chi connectivity index (χ4v) is 4.21. The summed E-state index contributed by atoms with van der Waals surface area (Å²) < 4.78 is 8.00. The molecule has 1 saturated heterocycles. The van der Waals surface area contributed by atoms with E-state index >= 15 is 0 Å². The van der Waals surface area contributed by atoms with Gasteiger partial charge in [-0.2, -0.15) is 0 Å². The zero-order chi connectivity index (χ0) is 15.9. The van der Waals surface area contributed by atoms with Gasteiger partial charge in [-0.1, -0.05) is 17.8 Å². The SMILES string of the molecule is OCC[NH2+]CCSc1nnc(-c2cccs2)n1C[C@@H]1CCCO1. The lowest BCUT2D eigenvalue weighted by Crippen LogP contribution is -2.85. The number of rotatable bonds is 9. The second-order valence-corrected chi connectivity index (χ2v) is 7.48. The van der Waals surface area contributed by atoms with Gasteiger partial charge in [-0.05, 0) is 24.3 Å². The number of hydrogen-bond donors (Lipinski definition) is 2. The van der Waals surface area contributed by atoms with Gasteiger partial charge in [0.15, 0.2) is 11.0 Å². The van der Waals surface area contributed by atoms with Gasteiger partial charge in [-0.15, -0.1) is 21.5 Å². The van der Waals surface area contributed by atoms with Crippen LogP contribution in [0.1, 0.15) is 12.8 Å². The number of thioether (sulfide) groups is 1. The van der Waals surface area contributed by atoms with Gasteiger partial charge < -0.3 is 15.2 Å². The van der Waals surface area contributed by atoms with Crippen molar-refractivity contribution in [1.82, 2.24) is 14.8 Å². The molecule has 1 fully saturated rings. The first-order valence-electron chi connectivity index (χ1n) is 8.02. The summed E-state index contributed by atoms with van der Waals surface area (Å²) in [5.41, 5.74) is 0. The lowest BCUT2D eigenvalue weighted by molar-refractivity contribution is -0.651. The second kappa shape index (κ2) is 8.79. The first kappa shape index (κ1) is 16.9. The van der Waals surface area contributed by atoms with Crippen LogP contribution in [0.5, 0.6) is 0 Å². The molecule has 1 atom stereocenters. The van der Waals surface area contributed by atoms with E-state index in [1.54, 1.807) is 23.1 Å². The summed E-state index contributed by atoms with van der Waals surface area (Å²) in [5, 5.41) is 22.8. The molecular weight excluding hydrogens is 332 g/mol. The van der Waals surface area contributed by atoms with Gasteiger partial charge in [0, 0.05) is 6.61 Å². The summed E-state index contributed by atoms with van der Waals surface area (Å²) in [7, 11) is 0. The van der Waals surface area contributed by atoms with Crippen LogP contribution in [0.25, 0.3) is 10.7 Å². The van der Waals surface area contributed by atoms with Crippen LogP contribution < -0.4 is 5.32 Å². The Morgan fingerprint density at radius 3 is 3.13 bits per heavy atom. The zero-order valence-electron chi connectivity index (χ0n) is 13.1. The van der Waals surface area contributed by atoms with E-state index in [2.05, 4.69) is 31.5 Å². The number of ether oxygens (including phenoxy) is 1. The molecule has 2 aromatic rings. The highest BCUT2D eigenvalue weighted by Gasteiger charge is 2.22. The van der Waals surface area contributed by atoms with E-state index in [1.807, 2.05) is 6.07 Å². The normalized spacial score (nSPS) is 17.9. The van der Waals surface area contributed by atoms with Gasteiger partial charge >= 0.3 is 0 Å². The first-order chi connectivity index (χ1) is 11.4. The predicted molar refractivity (Wildman–Crippen MR) is 91.8 cm³/mol. The minimum Gasteiger partial charge on any atom is -0.391 e. The molecule has 0 radical (unpaired) electrons. The van der Waals surface area contributed by atoms with Crippen molar-refractivity contribution in [3.8, 4) is 10.7 Å².